The summed E-state index contributed by atoms with van der Waals surface area (Å²) in [4.78, 5) is 0. The van der Waals surface area contributed by atoms with Gasteiger partial charge in [0.15, 0.2) is 11.6 Å². The number of hydrogen-bond donors (Lipinski definition) is 2. The molecule has 84 valence electrons. The zero-order chi connectivity index (χ0) is 10.3. The number of phenolic OH excluding ortho intramolecular Hbond substituents is 1. The van der Waals surface area contributed by atoms with Crippen molar-refractivity contribution in [2.24, 2.45) is 11.7 Å². The van der Waals surface area contributed by atoms with Gasteiger partial charge in [0.1, 0.15) is 5.82 Å². The third kappa shape index (κ3) is 2.21. The average Bonchev–Trinajstić information content (AvgIpc) is 2.95. The Morgan fingerprint density at radius 3 is 2.33 bits per heavy atom. The smallest absolute Gasteiger partial charge is 0.165 e. The van der Waals surface area contributed by atoms with Crippen LogP contribution in [0.2, 0.25) is 0 Å². The molecule has 2 nitrogen and oxygen atoms in total. The molecule has 2 rings (SSSR count). The second-order valence-corrected chi connectivity index (χ2v) is 3.65. The lowest BCUT2D eigenvalue weighted by Gasteiger charge is -2.13. The molecule has 0 aromatic heterocycles. The lowest BCUT2D eigenvalue weighted by molar-refractivity contribution is 0.405. The van der Waals surface area contributed by atoms with Gasteiger partial charge in [-0.3, -0.25) is 0 Å². The number of nitrogens with two attached hydrogens (primary N) is 1. The fraction of sp³-hybridized carbons (Fsp3) is 0.400. The molecule has 1 fully saturated rings. The van der Waals surface area contributed by atoms with Crippen molar-refractivity contribution in [3.63, 3.8) is 0 Å². The van der Waals surface area contributed by atoms with E-state index in [2.05, 4.69) is 0 Å². The van der Waals surface area contributed by atoms with Crippen molar-refractivity contribution in [1.29, 1.82) is 0 Å². The zero-order valence-electron chi connectivity index (χ0n) is 7.91. The Hall–Kier alpha value is -0.870. The molecule has 3 N–H and O–H groups in total. The van der Waals surface area contributed by atoms with Crippen LogP contribution in [-0.2, 0) is 0 Å². The molecule has 1 aromatic rings. The molecule has 0 unspecified atom stereocenters. The lowest BCUT2D eigenvalue weighted by Crippen LogP contribution is -2.14. The highest BCUT2D eigenvalue weighted by Gasteiger charge is 2.33. The maximum atomic E-state index is 13.3. The Bertz CT molecular complexity index is 369. The van der Waals surface area contributed by atoms with Crippen LogP contribution in [0, 0.1) is 17.6 Å². The highest BCUT2D eigenvalue weighted by Crippen LogP contribution is 2.43. The van der Waals surface area contributed by atoms with E-state index in [-0.39, 0.29) is 23.9 Å². The molecule has 0 aliphatic heterocycles. The first-order valence-corrected chi connectivity index (χ1v) is 4.53. The number of rotatable bonds is 2. The van der Waals surface area contributed by atoms with Gasteiger partial charge in [-0.15, -0.1) is 12.4 Å². The fourth-order valence-electron chi connectivity index (χ4n) is 1.56. The molecule has 1 saturated carbocycles. The molecule has 1 atom stereocenters. The third-order valence-electron chi connectivity index (χ3n) is 2.58. The summed E-state index contributed by atoms with van der Waals surface area (Å²) in [6.45, 7) is 0. The number of aromatic hydroxyl groups is 1. The molecular weight excluding hydrogens is 224 g/mol. The predicted molar refractivity (Wildman–Crippen MR) is 54.9 cm³/mol. The van der Waals surface area contributed by atoms with Gasteiger partial charge >= 0.3 is 0 Å². The molecule has 1 aliphatic carbocycles. The average molecular weight is 236 g/mol. The van der Waals surface area contributed by atoms with Crippen LogP contribution < -0.4 is 5.73 Å². The van der Waals surface area contributed by atoms with Gasteiger partial charge in [0.25, 0.3) is 0 Å². The summed E-state index contributed by atoms with van der Waals surface area (Å²) in [7, 11) is 0. The van der Waals surface area contributed by atoms with Crippen molar-refractivity contribution >= 4 is 12.4 Å². The van der Waals surface area contributed by atoms with Gasteiger partial charge in [0.2, 0.25) is 0 Å². The van der Waals surface area contributed by atoms with Crippen LogP contribution >= 0.6 is 12.4 Å². The first kappa shape index (κ1) is 12.2. The van der Waals surface area contributed by atoms with Crippen LogP contribution in [0.5, 0.6) is 5.75 Å². The quantitative estimate of drug-likeness (QED) is 0.827. The van der Waals surface area contributed by atoms with E-state index < -0.39 is 23.4 Å². The minimum atomic E-state index is -0.822. The molecular formula is C10H12ClF2NO. The van der Waals surface area contributed by atoms with E-state index in [9.17, 15) is 13.9 Å². The molecule has 0 radical (unpaired) electrons. The number of benzene rings is 1. The van der Waals surface area contributed by atoms with Gasteiger partial charge in [-0.25, -0.2) is 8.78 Å². The summed E-state index contributed by atoms with van der Waals surface area (Å²) in [5.41, 5.74) is 5.61. The molecule has 0 bridgehead atoms. The minimum Gasteiger partial charge on any atom is -0.505 e. The maximum absolute atomic E-state index is 13.3. The molecule has 0 amide bonds. The van der Waals surface area contributed by atoms with Crippen molar-refractivity contribution < 1.29 is 13.9 Å². The SMILES string of the molecule is Cl.N[C@@H](c1c(F)ccc(F)c1O)C1CC1. The maximum Gasteiger partial charge on any atom is 0.165 e. The molecule has 15 heavy (non-hydrogen) atoms. The van der Waals surface area contributed by atoms with Crippen molar-refractivity contribution in [1.82, 2.24) is 0 Å². The largest absolute Gasteiger partial charge is 0.505 e. The highest BCUT2D eigenvalue weighted by atomic mass is 35.5. The minimum absolute atomic E-state index is 0. The first-order chi connectivity index (χ1) is 6.61. The summed E-state index contributed by atoms with van der Waals surface area (Å²) in [6, 6.07) is 1.30. The van der Waals surface area contributed by atoms with Gasteiger partial charge in [0, 0.05) is 11.6 Å². The Morgan fingerprint density at radius 2 is 1.80 bits per heavy atom. The van der Waals surface area contributed by atoms with E-state index in [4.69, 9.17) is 5.73 Å². The van der Waals surface area contributed by atoms with E-state index in [1.165, 1.54) is 0 Å². The van der Waals surface area contributed by atoms with Gasteiger partial charge in [-0.05, 0) is 30.9 Å². The Labute approximate surface area is 92.5 Å². The Kier molecular flexibility index (Phi) is 3.52. The van der Waals surface area contributed by atoms with Crippen molar-refractivity contribution in [3.8, 4) is 5.75 Å². The zero-order valence-corrected chi connectivity index (χ0v) is 8.73. The van der Waals surface area contributed by atoms with Crippen molar-refractivity contribution in [2.75, 3.05) is 0 Å². The summed E-state index contributed by atoms with van der Waals surface area (Å²) in [5, 5.41) is 9.33. The van der Waals surface area contributed by atoms with E-state index in [0.717, 1.165) is 25.0 Å². The first-order valence-electron chi connectivity index (χ1n) is 4.53. The normalized spacial score (nSPS) is 17.0. The van der Waals surface area contributed by atoms with E-state index in [0.29, 0.717) is 0 Å². The van der Waals surface area contributed by atoms with E-state index in [1.807, 2.05) is 0 Å². The van der Waals surface area contributed by atoms with Crippen molar-refractivity contribution in [3.05, 3.63) is 29.3 Å². The molecule has 0 saturated heterocycles. The number of hydrogen-bond acceptors (Lipinski definition) is 2. The van der Waals surface area contributed by atoms with E-state index >= 15 is 0 Å². The highest BCUT2D eigenvalue weighted by molar-refractivity contribution is 5.85. The Morgan fingerprint density at radius 1 is 1.27 bits per heavy atom. The number of phenols is 1. The summed E-state index contributed by atoms with van der Waals surface area (Å²) < 4.78 is 26.2. The van der Waals surface area contributed by atoms with Crippen molar-refractivity contribution in [2.45, 2.75) is 18.9 Å². The standard InChI is InChI=1S/C10H11F2NO.ClH/c11-6-3-4-7(12)10(14)8(6)9(13)5-1-2-5;/h3-5,9,14H,1-2,13H2;1H/t9-;/m1./s1. The topological polar surface area (TPSA) is 46.2 Å². The van der Waals surface area contributed by atoms with E-state index in [1.54, 1.807) is 0 Å². The Balaban J connectivity index is 0.00000112. The third-order valence-corrected chi connectivity index (χ3v) is 2.58. The molecule has 0 spiro atoms. The number of halogens is 3. The molecule has 1 aromatic carbocycles. The van der Waals surface area contributed by atoms with Crippen LogP contribution in [0.25, 0.3) is 0 Å². The van der Waals surface area contributed by atoms with Crippen LogP contribution in [0.15, 0.2) is 12.1 Å². The van der Waals surface area contributed by atoms with Gasteiger partial charge in [-0.1, -0.05) is 0 Å². The van der Waals surface area contributed by atoms with Crippen LogP contribution in [0.3, 0.4) is 0 Å². The summed E-state index contributed by atoms with van der Waals surface area (Å²) >= 11 is 0. The molecule has 5 heteroatoms. The van der Waals surface area contributed by atoms with Gasteiger partial charge < -0.3 is 10.8 Å². The summed E-state index contributed by atoms with van der Waals surface area (Å²) in [6.07, 6.45) is 1.83. The van der Waals surface area contributed by atoms with Gasteiger partial charge in [0.05, 0.1) is 0 Å². The van der Waals surface area contributed by atoms with Crippen LogP contribution in [-0.4, -0.2) is 5.11 Å². The molecule has 0 heterocycles. The van der Waals surface area contributed by atoms with Gasteiger partial charge in [-0.2, -0.15) is 0 Å². The predicted octanol–water partition coefficient (Wildman–Crippen LogP) is 2.50. The monoisotopic (exact) mass is 235 g/mol. The summed E-state index contributed by atoms with van der Waals surface area (Å²) in [5.74, 6) is -1.93. The van der Waals surface area contributed by atoms with Crippen LogP contribution in [0.1, 0.15) is 24.4 Å². The fourth-order valence-corrected chi connectivity index (χ4v) is 1.56. The second-order valence-electron chi connectivity index (χ2n) is 3.65. The lowest BCUT2D eigenvalue weighted by atomic mass is 10.0. The second kappa shape index (κ2) is 4.33. The van der Waals surface area contributed by atoms with Crippen LogP contribution in [0.4, 0.5) is 8.78 Å². The molecule has 1 aliphatic rings.